The van der Waals surface area contributed by atoms with Crippen molar-refractivity contribution in [3.05, 3.63) is 71.3 Å². The number of benzene rings is 2. The molecule has 0 bridgehead atoms. The van der Waals surface area contributed by atoms with E-state index in [0.29, 0.717) is 17.3 Å². The monoisotopic (exact) mass is 397 g/mol. The van der Waals surface area contributed by atoms with Gasteiger partial charge in [0.15, 0.2) is 0 Å². The van der Waals surface area contributed by atoms with Crippen LogP contribution in [-0.4, -0.2) is 29.4 Å². The molecule has 1 nitrogen and oxygen atoms in total. The van der Waals surface area contributed by atoms with Crippen molar-refractivity contribution < 1.29 is 0 Å². The average molecular weight is 398 g/mol. The standard InChI is InChI=1S/C26H36ClN/c1-3-26(28(4-2)19-18-21-8-6-5-7-9-21)17-12-22-10-13-23(14-11-22)24-15-16-25(27)20-24/h5-11,13-14,24-26H,3-4,12,15-20H2,1-2H3. The number of aryl methyl sites for hydroxylation is 1. The number of rotatable bonds is 10. The van der Waals surface area contributed by atoms with Crippen LogP contribution >= 0.6 is 11.6 Å². The molecule has 1 aliphatic rings. The summed E-state index contributed by atoms with van der Waals surface area (Å²) in [6, 6.07) is 20.9. The van der Waals surface area contributed by atoms with Crippen LogP contribution in [0.3, 0.4) is 0 Å². The maximum atomic E-state index is 6.29. The highest BCUT2D eigenvalue weighted by atomic mass is 35.5. The van der Waals surface area contributed by atoms with Crippen molar-refractivity contribution in [3.63, 3.8) is 0 Å². The van der Waals surface area contributed by atoms with Crippen LogP contribution in [0.15, 0.2) is 54.6 Å². The first-order chi connectivity index (χ1) is 13.7. The number of halogens is 1. The lowest BCUT2D eigenvalue weighted by Crippen LogP contribution is -2.36. The minimum atomic E-state index is 0.380. The first-order valence-corrected chi connectivity index (χ1v) is 11.6. The van der Waals surface area contributed by atoms with Crippen LogP contribution in [0, 0.1) is 0 Å². The summed E-state index contributed by atoms with van der Waals surface area (Å²) in [5.41, 5.74) is 4.40. The molecule has 1 aliphatic carbocycles. The zero-order chi connectivity index (χ0) is 19.8. The molecule has 1 saturated carbocycles. The highest BCUT2D eigenvalue weighted by Crippen LogP contribution is 2.37. The molecule has 3 atom stereocenters. The minimum absolute atomic E-state index is 0.380. The van der Waals surface area contributed by atoms with Crippen molar-refractivity contribution in [2.24, 2.45) is 0 Å². The zero-order valence-corrected chi connectivity index (χ0v) is 18.4. The molecule has 0 amide bonds. The molecule has 3 unspecified atom stereocenters. The fourth-order valence-corrected chi connectivity index (χ4v) is 5.02. The van der Waals surface area contributed by atoms with E-state index in [9.17, 15) is 0 Å². The molecular formula is C26H36ClN. The Hall–Kier alpha value is -1.31. The van der Waals surface area contributed by atoms with Crippen molar-refractivity contribution in [3.8, 4) is 0 Å². The van der Waals surface area contributed by atoms with Gasteiger partial charge in [-0.1, -0.05) is 68.4 Å². The molecule has 0 aliphatic heterocycles. The van der Waals surface area contributed by atoms with Crippen molar-refractivity contribution >= 4 is 11.6 Å². The van der Waals surface area contributed by atoms with Gasteiger partial charge in [0, 0.05) is 18.0 Å². The van der Waals surface area contributed by atoms with Gasteiger partial charge in [0.2, 0.25) is 0 Å². The molecule has 3 rings (SSSR count). The van der Waals surface area contributed by atoms with E-state index in [1.807, 2.05) is 0 Å². The normalized spacial score (nSPS) is 20.6. The van der Waals surface area contributed by atoms with Crippen molar-refractivity contribution in [2.75, 3.05) is 13.1 Å². The third-order valence-electron chi connectivity index (χ3n) is 6.51. The Labute approximate surface area is 177 Å². The maximum absolute atomic E-state index is 6.29. The van der Waals surface area contributed by atoms with Crippen molar-refractivity contribution in [1.29, 1.82) is 0 Å². The molecular weight excluding hydrogens is 362 g/mol. The van der Waals surface area contributed by atoms with Crippen LogP contribution in [-0.2, 0) is 12.8 Å². The minimum Gasteiger partial charge on any atom is -0.300 e. The van der Waals surface area contributed by atoms with Crippen LogP contribution in [0.5, 0.6) is 0 Å². The van der Waals surface area contributed by atoms with Gasteiger partial charge in [-0.25, -0.2) is 0 Å². The van der Waals surface area contributed by atoms with E-state index in [1.54, 1.807) is 0 Å². The SMILES string of the molecule is CCC(CCc1ccc(C2CCC(Cl)C2)cc1)N(CC)CCc1ccccc1. The predicted octanol–water partition coefficient (Wildman–Crippen LogP) is 6.84. The Kier molecular flexibility index (Phi) is 8.43. The van der Waals surface area contributed by atoms with Crippen molar-refractivity contribution in [1.82, 2.24) is 4.90 Å². The predicted molar refractivity (Wildman–Crippen MR) is 122 cm³/mol. The van der Waals surface area contributed by atoms with Gasteiger partial charge in [0.1, 0.15) is 0 Å². The van der Waals surface area contributed by atoms with E-state index in [2.05, 4.69) is 73.3 Å². The fraction of sp³-hybridized carbons (Fsp3) is 0.538. The third kappa shape index (κ3) is 6.09. The Morgan fingerprint density at radius 3 is 2.25 bits per heavy atom. The maximum Gasteiger partial charge on any atom is 0.0342 e. The first-order valence-electron chi connectivity index (χ1n) is 11.2. The van der Waals surface area contributed by atoms with Gasteiger partial charge >= 0.3 is 0 Å². The smallest absolute Gasteiger partial charge is 0.0342 e. The average Bonchev–Trinajstić information content (AvgIpc) is 3.18. The van der Waals surface area contributed by atoms with E-state index in [-0.39, 0.29) is 0 Å². The summed E-state index contributed by atoms with van der Waals surface area (Å²) in [7, 11) is 0. The van der Waals surface area contributed by atoms with Gasteiger partial charge in [-0.2, -0.15) is 0 Å². The summed E-state index contributed by atoms with van der Waals surface area (Å²) in [5.74, 6) is 0.675. The van der Waals surface area contributed by atoms with Crippen LogP contribution < -0.4 is 0 Å². The van der Waals surface area contributed by atoms with Crippen LogP contribution in [0.1, 0.15) is 68.6 Å². The number of hydrogen-bond acceptors (Lipinski definition) is 1. The summed E-state index contributed by atoms with van der Waals surface area (Å²) in [4.78, 5) is 2.67. The van der Waals surface area contributed by atoms with Crippen LogP contribution in [0.2, 0.25) is 0 Å². The van der Waals surface area contributed by atoms with E-state index in [1.165, 1.54) is 48.8 Å². The van der Waals surface area contributed by atoms with Gasteiger partial charge in [0.25, 0.3) is 0 Å². The summed E-state index contributed by atoms with van der Waals surface area (Å²) >= 11 is 6.29. The third-order valence-corrected chi connectivity index (χ3v) is 6.91. The molecule has 28 heavy (non-hydrogen) atoms. The summed E-state index contributed by atoms with van der Waals surface area (Å²) in [6.45, 7) is 6.92. The van der Waals surface area contributed by atoms with Gasteiger partial charge < -0.3 is 4.90 Å². The quantitative estimate of drug-likeness (QED) is 0.397. The molecule has 2 aromatic rings. The largest absolute Gasteiger partial charge is 0.300 e. The molecule has 0 heterocycles. The van der Waals surface area contributed by atoms with Gasteiger partial charge in [-0.3, -0.25) is 0 Å². The molecule has 2 heteroatoms. The Morgan fingerprint density at radius 2 is 1.64 bits per heavy atom. The molecule has 1 fully saturated rings. The zero-order valence-electron chi connectivity index (χ0n) is 17.6. The Bertz CT molecular complexity index is 681. The Balaban J connectivity index is 1.50. The van der Waals surface area contributed by atoms with E-state index < -0.39 is 0 Å². The second kappa shape index (κ2) is 11.0. The van der Waals surface area contributed by atoms with E-state index >= 15 is 0 Å². The summed E-state index contributed by atoms with van der Waals surface area (Å²) < 4.78 is 0. The van der Waals surface area contributed by atoms with Crippen LogP contribution in [0.25, 0.3) is 0 Å². The molecule has 0 spiro atoms. The van der Waals surface area contributed by atoms with Crippen LogP contribution in [0.4, 0.5) is 0 Å². The number of likely N-dealkylation sites (N-methyl/N-ethyl adjacent to an activating group) is 1. The van der Waals surface area contributed by atoms with Gasteiger partial charge in [-0.05, 0) is 74.1 Å². The topological polar surface area (TPSA) is 3.24 Å². The first kappa shape index (κ1) is 21.4. The van der Waals surface area contributed by atoms with Crippen molar-refractivity contribution in [2.45, 2.75) is 76.1 Å². The molecule has 0 N–H and O–H groups in total. The second-order valence-corrected chi connectivity index (χ2v) is 8.93. The number of hydrogen-bond donors (Lipinski definition) is 0. The van der Waals surface area contributed by atoms with E-state index in [0.717, 1.165) is 25.9 Å². The fourth-order valence-electron chi connectivity index (χ4n) is 4.68. The lowest BCUT2D eigenvalue weighted by molar-refractivity contribution is 0.193. The van der Waals surface area contributed by atoms with Gasteiger partial charge in [0.05, 0.1) is 0 Å². The Morgan fingerprint density at radius 1 is 0.929 bits per heavy atom. The highest BCUT2D eigenvalue weighted by Gasteiger charge is 2.24. The molecule has 152 valence electrons. The second-order valence-electron chi connectivity index (χ2n) is 8.31. The van der Waals surface area contributed by atoms with Gasteiger partial charge in [-0.15, -0.1) is 11.6 Å². The lowest BCUT2D eigenvalue weighted by atomic mass is 9.95. The number of nitrogens with zero attached hydrogens (tertiary/aromatic N) is 1. The molecule has 0 saturated heterocycles. The summed E-state index contributed by atoms with van der Waals surface area (Å²) in [5, 5.41) is 0.380. The molecule has 2 aromatic carbocycles. The molecule has 0 aromatic heterocycles. The van der Waals surface area contributed by atoms with E-state index in [4.69, 9.17) is 11.6 Å². The number of alkyl halides is 1. The highest BCUT2D eigenvalue weighted by molar-refractivity contribution is 6.20. The summed E-state index contributed by atoms with van der Waals surface area (Å²) in [6.07, 6.45) is 8.34. The molecule has 0 radical (unpaired) electrons. The lowest BCUT2D eigenvalue weighted by Gasteiger charge is -2.30.